The van der Waals surface area contributed by atoms with E-state index in [0.29, 0.717) is 19.1 Å². The largest absolute Gasteiger partial charge is 0.475 e. The summed E-state index contributed by atoms with van der Waals surface area (Å²) >= 11 is 0. The SMILES string of the molecule is CNCCN(C)Cc1c[nH]nc1-c1ccc(OCCOC)nc1. The fraction of sp³-hybridized carbons (Fsp3) is 0.500. The zero-order valence-corrected chi connectivity index (χ0v) is 14.0. The van der Waals surface area contributed by atoms with Gasteiger partial charge in [0.15, 0.2) is 0 Å². The van der Waals surface area contributed by atoms with Gasteiger partial charge in [0.1, 0.15) is 6.61 Å². The summed E-state index contributed by atoms with van der Waals surface area (Å²) in [5.74, 6) is 0.592. The molecule has 0 atom stereocenters. The third-order valence-corrected chi connectivity index (χ3v) is 3.45. The highest BCUT2D eigenvalue weighted by molar-refractivity contribution is 5.61. The fourth-order valence-corrected chi connectivity index (χ4v) is 2.19. The number of rotatable bonds is 10. The second-order valence-corrected chi connectivity index (χ2v) is 5.33. The summed E-state index contributed by atoms with van der Waals surface area (Å²) in [5, 5.41) is 10.5. The van der Waals surface area contributed by atoms with Crippen molar-refractivity contribution < 1.29 is 9.47 Å². The van der Waals surface area contributed by atoms with Crippen molar-refractivity contribution in [2.75, 3.05) is 47.5 Å². The van der Waals surface area contributed by atoms with Gasteiger partial charge in [-0.25, -0.2) is 4.98 Å². The highest BCUT2D eigenvalue weighted by atomic mass is 16.5. The third-order valence-electron chi connectivity index (χ3n) is 3.45. The van der Waals surface area contributed by atoms with Crippen LogP contribution in [0.2, 0.25) is 0 Å². The first-order valence-corrected chi connectivity index (χ1v) is 7.68. The Labute approximate surface area is 137 Å². The van der Waals surface area contributed by atoms with Gasteiger partial charge >= 0.3 is 0 Å². The lowest BCUT2D eigenvalue weighted by molar-refractivity contribution is 0.144. The lowest BCUT2D eigenvalue weighted by Crippen LogP contribution is -2.26. The number of likely N-dealkylation sites (N-methyl/N-ethyl adjacent to an activating group) is 2. The van der Waals surface area contributed by atoms with Crippen LogP contribution < -0.4 is 10.1 Å². The molecule has 0 fully saturated rings. The summed E-state index contributed by atoms with van der Waals surface area (Å²) in [6, 6.07) is 3.83. The van der Waals surface area contributed by atoms with Gasteiger partial charge in [-0.3, -0.25) is 5.10 Å². The van der Waals surface area contributed by atoms with Crippen molar-refractivity contribution in [2.24, 2.45) is 0 Å². The van der Waals surface area contributed by atoms with Crippen molar-refractivity contribution >= 4 is 0 Å². The number of ether oxygens (including phenoxy) is 2. The number of nitrogens with one attached hydrogen (secondary N) is 2. The normalized spacial score (nSPS) is 11.1. The number of nitrogens with zero attached hydrogens (tertiary/aromatic N) is 3. The van der Waals surface area contributed by atoms with Crippen molar-refractivity contribution in [2.45, 2.75) is 6.54 Å². The van der Waals surface area contributed by atoms with Crippen LogP contribution in [0.5, 0.6) is 5.88 Å². The lowest BCUT2D eigenvalue weighted by Gasteiger charge is -2.16. The van der Waals surface area contributed by atoms with Crippen LogP contribution in [0.15, 0.2) is 24.5 Å². The van der Waals surface area contributed by atoms with Gasteiger partial charge in [0.2, 0.25) is 5.88 Å². The molecule has 0 saturated carbocycles. The molecular weight excluding hydrogens is 294 g/mol. The number of hydrogen-bond acceptors (Lipinski definition) is 6. The molecule has 2 aromatic rings. The molecule has 7 heteroatoms. The third kappa shape index (κ3) is 5.31. The van der Waals surface area contributed by atoms with Crippen LogP contribution in [0.25, 0.3) is 11.3 Å². The van der Waals surface area contributed by atoms with E-state index in [0.717, 1.165) is 36.5 Å². The average Bonchev–Trinajstić information content (AvgIpc) is 3.02. The number of pyridine rings is 1. The lowest BCUT2D eigenvalue weighted by atomic mass is 10.1. The minimum Gasteiger partial charge on any atom is -0.475 e. The Morgan fingerprint density at radius 1 is 1.30 bits per heavy atom. The van der Waals surface area contributed by atoms with E-state index in [9.17, 15) is 0 Å². The molecule has 0 spiro atoms. The van der Waals surface area contributed by atoms with Crippen LogP contribution in [-0.2, 0) is 11.3 Å². The monoisotopic (exact) mass is 319 g/mol. The highest BCUT2D eigenvalue weighted by Crippen LogP contribution is 2.22. The number of methoxy groups -OCH3 is 1. The Morgan fingerprint density at radius 3 is 2.87 bits per heavy atom. The first-order valence-electron chi connectivity index (χ1n) is 7.68. The van der Waals surface area contributed by atoms with E-state index in [2.05, 4.69) is 32.4 Å². The van der Waals surface area contributed by atoms with Crippen LogP contribution in [0.4, 0.5) is 0 Å². The molecule has 0 aliphatic rings. The Bertz CT molecular complexity index is 570. The Kier molecular flexibility index (Phi) is 6.99. The van der Waals surface area contributed by atoms with Gasteiger partial charge in [0.25, 0.3) is 0 Å². The zero-order chi connectivity index (χ0) is 16.5. The van der Waals surface area contributed by atoms with Crippen LogP contribution >= 0.6 is 0 Å². The van der Waals surface area contributed by atoms with E-state index in [1.165, 1.54) is 0 Å². The standard InChI is InChI=1S/C16H25N5O2/c1-17-6-7-21(2)12-14-11-19-20-16(14)13-4-5-15(18-10-13)23-9-8-22-3/h4-5,10-11,17H,6-9,12H2,1-3H3,(H,19,20). The predicted molar refractivity (Wildman–Crippen MR) is 89.5 cm³/mol. The number of H-pyrrole nitrogens is 1. The molecule has 0 unspecified atom stereocenters. The van der Waals surface area contributed by atoms with E-state index in [1.54, 1.807) is 13.3 Å². The molecule has 2 aromatic heterocycles. The van der Waals surface area contributed by atoms with Gasteiger partial charge in [0.05, 0.1) is 12.3 Å². The molecule has 0 bridgehead atoms. The molecule has 23 heavy (non-hydrogen) atoms. The molecule has 0 aliphatic heterocycles. The molecular formula is C16H25N5O2. The Hall–Kier alpha value is -1.96. The quantitative estimate of drug-likeness (QED) is 0.640. The molecule has 7 nitrogen and oxygen atoms in total. The number of hydrogen-bond donors (Lipinski definition) is 2. The maximum atomic E-state index is 5.48. The minimum atomic E-state index is 0.493. The Balaban J connectivity index is 2.00. The molecule has 0 amide bonds. The van der Waals surface area contributed by atoms with Crippen LogP contribution in [0.1, 0.15) is 5.56 Å². The second-order valence-electron chi connectivity index (χ2n) is 5.33. The summed E-state index contributed by atoms with van der Waals surface area (Å²) in [4.78, 5) is 6.57. The summed E-state index contributed by atoms with van der Waals surface area (Å²) in [7, 11) is 5.70. The first kappa shape index (κ1) is 17.4. The molecule has 0 radical (unpaired) electrons. The molecule has 0 aromatic carbocycles. The summed E-state index contributed by atoms with van der Waals surface area (Å²) < 4.78 is 10.4. The van der Waals surface area contributed by atoms with Gasteiger partial charge in [-0.2, -0.15) is 5.10 Å². The smallest absolute Gasteiger partial charge is 0.213 e. The van der Waals surface area contributed by atoms with Crippen LogP contribution in [0, 0.1) is 0 Å². The van der Waals surface area contributed by atoms with E-state index >= 15 is 0 Å². The molecule has 126 valence electrons. The van der Waals surface area contributed by atoms with Crippen molar-refractivity contribution in [1.29, 1.82) is 0 Å². The average molecular weight is 319 g/mol. The minimum absolute atomic E-state index is 0.493. The van der Waals surface area contributed by atoms with Crippen LogP contribution in [0.3, 0.4) is 0 Å². The first-order chi connectivity index (χ1) is 11.2. The van der Waals surface area contributed by atoms with Gasteiger partial charge in [-0.15, -0.1) is 0 Å². The molecule has 2 rings (SSSR count). The van der Waals surface area contributed by atoms with E-state index in [4.69, 9.17) is 9.47 Å². The van der Waals surface area contributed by atoms with Gasteiger partial charge in [0, 0.05) is 56.3 Å². The summed E-state index contributed by atoms with van der Waals surface area (Å²) in [6.45, 7) is 3.81. The van der Waals surface area contributed by atoms with E-state index in [-0.39, 0.29) is 0 Å². The summed E-state index contributed by atoms with van der Waals surface area (Å²) in [5.41, 5.74) is 3.05. The molecule has 2 heterocycles. The van der Waals surface area contributed by atoms with Crippen molar-refractivity contribution in [3.05, 3.63) is 30.1 Å². The summed E-state index contributed by atoms with van der Waals surface area (Å²) in [6.07, 6.45) is 3.73. The molecule has 2 N–H and O–H groups in total. The Morgan fingerprint density at radius 2 is 2.17 bits per heavy atom. The van der Waals surface area contributed by atoms with Gasteiger partial charge in [-0.05, 0) is 20.2 Å². The maximum absolute atomic E-state index is 5.48. The number of aromatic amines is 1. The van der Waals surface area contributed by atoms with Crippen molar-refractivity contribution in [1.82, 2.24) is 25.4 Å². The van der Waals surface area contributed by atoms with Crippen molar-refractivity contribution in [3.8, 4) is 17.1 Å². The maximum Gasteiger partial charge on any atom is 0.213 e. The fourth-order valence-electron chi connectivity index (χ4n) is 2.19. The molecule has 0 aliphatic carbocycles. The topological polar surface area (TPSA) is 75.3 Å². The van der Waals surface area contributed by atoms with Gasteiger partial charge < -0.3 is 19.7 Å². The highest BCUT2D eigenvalue weighted by Gasteiger charge is 2.11. The predicted octanol–water partition coefficient (Wildman–Crippen LogP) is 1.15. The van der Waals surface area contributed by atoms with E-state index in [1.807, 2.05) is 25.4 Å². The second kappa shape index (κ2) is 9.24. The van der Waals surface area contributed by atoms with Crippen molar-refractivity contribution in [3.63, 3.8) is 0 Å². The molecule has 0 saturated heterocycles. The van der Waals surface area contributed by atoms with E-state index < -0.39 is 0 Å². The van der Waals surface area contributed by atoms with Gasteiger partial charge in [-0.1, -0.05) is 0 Å². The number of aromatic nitrogens is 3. The van der Waals surface area contributed by atoms with Crippen LogP contribution in [-0.4, -0.2) is 67.6 Å². The zero-order valence-electron chi connectivity index (χ0n) is 14.0.